The van der Waals surface area contributed by atoms with E-state index in [0.29, 0.717) is 37.8 Å². The highest BCUT2D eigenvalue weighted by Gasteiger charge is 2.27. The van der Waals surface area contributed by atoms with Crippen LogP contribution in [-0.2, 0) is 23.1 Å². The second-order valence-corrected chi connectivity index (χ2v) is 9.91. The lowest BCUT2D eigenvalue weighted by molar-refractivity contribution is 0.287. The monoisotopic (exact) mass is 437 g/mol. The predicted octanol–water partition coefficient (Wildman–Crippen LogP) is 5.00. The Morgan fingerprint density at radius 2 is 1.43 bits per heavy atom. The number of sulfonamides is 1. The van der Waals surface area contributed by atoms with Crippen molar-refractivity contribution in [3.8, 4) is 11.5 Å². The van der Waals surface area contributed by atoms with E-state index in [1.54, 1.807) is 40.9 Å². The summed E-state index contributed by atoms with van der Waals surface area (Å²) in [7, 11) is -3.71. The number of nitrogens with zero attached hydrogens (tertiary/aromatic N) is 1. The minimum Gasteiger partial charge on any atom is -0.490 e. The van der Waals surface area contributed by atoms with E-state index in [9.17, 15) is 8.42 Å². The summed E-state index contributed by atoms with van der Waals surface area (Å²) < 4.78 is 39.6. The van der Waals surface area contributed by atoms with Gasteiger partial charge in [0.15, 0.2) is 11.5 Å². The first kappa shape index (κ1) is 20.9. The Kier molecular flexibility index (Phi) is 7.12. The Morgan fingerprint density at radius 1 is 0.857 bits per heavy atom. The van der Waals surface area contributed by atoms with E-state index in [2.05, 4.69) is 0 Å². The number of ether oxygens (including phenoxy) is 2. The summed E-state index contributed by atoms with van der Waals surface area (Å²) in [5, 5.41) is 3.91. The molecule has 2 aromatic heterocycles. The van der Waals surface area contributed by atoms with Crippen LogP contribution in [0.3, 0.4) is 0 Å². The Hall–Kier alpha value is -1.87. The van der Waals surface area contributed by atoms with Crippen LogP contribution in [0.25, 0.3) is 0 Å². The molecule has 0 aliphatic heterocycles. The van der Waals surface area contributed by atoms with Gasteiger partial charge in [0.05, 0.1) is 18.1 Å². The quantitative estimate of drug-likeness (QED) is 0.448. The van der Waals surface area contributed by atoms with Crippen molar-refractivity contribution in [3.63, 3.8) is 0 Å². The normalized spacial score (nSPS) is 11.7. The van der Waals surface area contributed by atoms with Gasteiger partial charge in [-0.25, -0.2) is 8.42 Å². The highest BCUT2D eigenvalue weighted by molar-refractivity contribution is 7.89. The van der Waals surface area contributed by atoms with Gasteiger partial charge < -0.3 is 9.47 Å². The van der Waals surface area contributed by atoms with Crippen LogP contribution >= 0.6 is 22.7 Å². The minimum absolute atomic E-state index is 0.201. The molecule has 1 aromatic carbocycles. The molecule has 5 nitrogen and oxygen atoms in total. The molecule has 0 N–H and O–H groups in total. The maximum Gasteiger partial charge on any atom is 0.243 e. The fourth-order valence-electron chi connectivity index (χ4n) is 2.72. The van der Waals surface area contributed by atoms with Gasteiger partial charge in [-0.1, -0.05) is 12.1 Å². The smallest absolute Gasteiger partial charge is 0.243 e. The second-order valence-electron chi connectivity index (χ2n) is 5.91. The van der Waals surface area contributed by atoms with E-state index in [4.69, 9.17) is 9.47 Å². The largest absolute Gasteiger partial charge is 0.490 e. The van der Waals surface area contributed by atoms with Crippen molar-refractivity contribution in [1.29, 1.82) is 0 Å². The number of rotatable bonds is 10. The molecule has 0 atom stereocenters. The fourth-order valence-corrected chi connectivity index (χ4v) is 5.73. The summed E-state index contributed by atoms with van der Waals surface area (Å²) >= 11 is 3.10. The van der Waals surface area contributed by atoms with Gasteiger partial charge in [0.1, 0.15) is 0 Å². The number of hydrogen-bond donors (Lipinski definition) is 0. The molecule has 0 saturated heterocycles. The van der Waals surface area contributed by atoms with Crippen molar-refractivity contribution in [2.75, 3.05) is 13.2 Å². The lowest BCUT2D eigenvalue weighted by Crippen LogP contribution is -2.29. The van der Waals surface area contributed by atoms with Gasteiger partial charge in [0, 0.05) is 28.9 Å². The number of benzene rings is 1. The van der Waals surface area contributed by atoms with Crippen molar-refractivity contribution in [2.24, 2.45) is 0 Å². The Morgan fingerprint density at radius 3 is 1.93 bits per heavy atom. The van der Waals surface area contributed by atoms with Crippen molar-refractivity contribution in [1.82, 2.24) is 4.31 Å². The van der Waals surface area contributed by atoms with Crippen LogP contribution in [0.2, 0.25) is 0 Å². The molecular formula is C20H23NO4S3. The third-order valence-corrected chi connectivity index (χ3v) is 7.49. The molecule has 0 radical (unpaired) electrons. The Bertz CT molecular complexity index is 931. The molecule has 8 heteroatoms. The van der Waals surface area contributed by atoms with Crippen LogP contribution in [0.15, 0.2) is 58.1 Å². The van der Waals surface area contributed by atoms with Gasteiger partial charge in [-0.3, -0.25) is 0 Å². The third-order valence-electron chi connectivity index (χ3n) is 3.98. The lowest BCUT2D eigenvalue weighted by Gasteiger charge is -2.22. The van der Waals surface area contributed by atoms with Gasteiger partial charge >= 0.3 is 0 Å². The summed E-state index contributed by atoms with van der Waals surface area (Å²) in [5.41, 5.74) is 0. The predicted molar refractivity (Wildman–Crippen MR) is 114 cm³/mol. The summed E-state index contributed by atoms with van der Waals surface area (Å²) in [4.78, 5) is 2.19. The van der Waals surface area contributed by atoms with Gasteiger partial charge in [-0.05, 0) is 48.9 Å². The lowest BCUT2D eigenvalue weighted by atomic mass is 10.3. The Balaban J connectivity index is 1.96. The standard InChI is InChI=1S/C20H23NO4S3/c1-3-24-19-10-9-18(13-20(19)25-4-2)28(22,23)21(14-16-7-5-11-26-16)15-17-8-6-12-27-17/h5-13H,3-4,14-15H2,1-2H3. The molecule has 0 fully saturated rings. The maximum absolute atomic E-state index is 13.4. The molecular weight excluding hydrogens is 414 g/mol. The molecule has 2 heterocycles. The summed E-state index contributed by atoms with van der Waals surface area (Å²) in [6.45, 7) is 5.30. The first-order valence-electron chi connectivity index (χ1n) is 8.99. The molecule has 150 valence electrons. The summed E-state index contributed by atoms with van der Waals surface area (Å²) in [6, 6.07) is 12.6. The van der Waals surface area contributed by atoms with E-state index < -0.39 is 10.0 Å². The second kappa shape index (κ2) is 9.56. The third kappa shape index (κ3) is 4.94. The van der Waals surface area contributed by atoms with Crippen molar-refractivity contribution in [2.45, 2.75) is 31.8 Å². The molecule has 0 bridgehead atoms. The molecule has 0 aliphatic carbocycles. The zero-order valence-corrected chi connectivity index (χ0v) is 18.3. The molecule has 3 aromatic rings. The molecule has 28 heavy (non-hydrogen) atoms. The van der Waals surface area contributed by atoms with Crippen LogP contribution in [0.1, 0.15) is 23.6 Å². The molecule has 0 unspecified atom stereocenters. The summed E-state index contributed by atoms with van der Waals surface area (Å²) in [5.74, 6) is 0.990. The van der Waals surface area contributed by atoms with Gasteiger partial charge in [0.25, 0.3) is 0 Å². The number of thiophene rings is 2. The fraction of sp³-hybridized carbons (Fsp3) is 0.300. The SMILES string of the molecule is CCOc1ccc(S(=O)(=O)N(Cc2cccs2)Cc2cccs2)cc1OCC. The van der Waals surface area contributed by atoms with Crippen molar-refractivity contribution < 1.29 is 17.9 Å². The average molecular weight is 438 g/mol. The molecule has 0 spiro atoms. The van der Waals surface area contributed by atoms with E-state index >= 15 is 0 Å². The highest BCUT2D eigenvalue weighted by atomic mass is 32.2. The van der Waals surface area contributed by atoms with E-state index in [-0.39, 0.29) is 4.90 Å². The zero-order valence-electron chi connectivity index (χ0n) is 15.8. The Labute approximate surface area is 174 Å². The maximum atomic E-state index is 13.4. The van der Waals surface area contributed by atoms with Gasteiger partial charge in [0.2, 0.25) is 10.0 Å². The highest BCUT2D eigenvalue weighted by Crippen LogP contribution is 2.32. The average Bonchev–Trinajstić information content (AvgIpc) is 3.37. The molecule has 0 saturated carbocycles. The summed E-state index contributed by atoms with van der Waals surface area (Å²) in [6.07, 6.45) is 0. The van der Waals surface area contributed by atoms with Crippen LogP contribution in [0, 0.1) is 0 Å². The van der Waals surface area contributed by atoms with E-state index in [0.717, 1.165) is 9.75 Å². The van der Waals surface area contributed by atoms with Gasteiger partial charge in [-0.15, -0.1) is 22.7 Å². The molecule has 0 amide bonds. The minimum atomic E-state index is -3.71. The van der Waals surface area contributed by atoms with E-state index in [1.165, 1.54) is 4.31 Å². The van der Waals surface area contributed by atoms with Crippen LogP contribution in [0.4, 0.5) is 0 Å². The molecule has 0 aliphatic rings. The van der Waals surface area contributed by atoms with Crippen molar-refractivity contribution in [3.05, 3.63) is 63.0 Å². The van der Waals surface area contributed by atoms with Gasteiger partial charge in [-0.2, -0.15) is 4.31 Å². The van der Waals surface area contributed by atoms with E-state index in [1.807, 2.05) is 48.9 Å². The molecule has 3 rings (SSSR count). The van der Waals surface area contributed by atoms with Crippen LogP contribution < -0.4 is 9.47 Å². The number of hydrogen-bond acceptors (Lipinski definition) is 6. The zero-order chi connectivity index (χ0) is 20.0. The first-order chi connectivity index (χ1) is 13.5. The van der Waals surface area contributed by atoms with Crippen LogP contribution in [-0.4, -0.2) is 25.9 Å². The topological polar surface area (TPSA) is 55.8 Å². The van der Waals surface area contributed by atoms with Crippen LogP contribution in [0.5, 0.6) is 11.5 Å². The van der Waals surface area contributed by atoms with Crippen molar-refractivity contribution >= 4 is 32.7 Å². The first-order valence-corrected chi connectivity index (χ1v) is 12.2.